The molecule has 2 rings (SSSR count). The van der Waals surface area contributed by atoms with E-state index in [1.165, 1.54) is 0 Å². The third-order valence-corrected chi connectivity index (χ3v) is 3.11. The lowest BCUT2D eigenvalue weighted by molar-refractivity contribution is 0.295. The zero-order valence-corrected chi connectivity index (χ0v) is 13.0. The second kappa shape index (κ2) is 7.74. The largest absolute Gasteiger partial charge is 0.494 e. The van der Waals surface area contributed by atoms with E-state index in [-0.39, 0.29) is 0 Å². The highest BCUT2D eigenvalue weighted by molar-refractivity contribution is 6.31. The zero-order valence-electron chi connectivity index (χ0n) is 12.2. The Balaban J connectivity index is 2.05. The topological polar surface area (TPSA) is 43.4 Å². The maximum Gasteiger partial charge on any atom is 0.132 e. The van der Waals surface area contributed by atoms with Crippen molar-refractivity contribution in [3.63, 3.8) is 0 Å². The number of anilines is 1. The van der Waals surface area contributed by atoms with E-state index in [0.29, 0.717) is 23.9 Å². The molecule has 0 aliphatic rings. The minimum Gasteiger partial charge on any atom is -0.494 e. The highest BCUT2D eigenvalue weighted by Crippen LogP contribution is 2.22. The van der Waals surface area contributed by atoms with Gasteiger partial charge in [0, 0.05) is 12.6 Å². The van der Waals surface area contributed by atoms with Gasteiger partial charge in [0.2, 0.25) is 0 Å². The summed E-state index contributed by atoms with van der Waals surface area (Å²) in [6.45, 7) is 5.72. The molecule has 1 N–H and O–H groups in total. The highest BCUT2D eigenvalue weighted by Gasteiger charge is 2.06. The summed E-state index contributed by atoms with van der Waals surface area (Å²) in [5.41, 5.74) is 0.705. The third kappa shape index (κ3) is 4.53. The molecule has 0 amide bonds. The zero-order chi connectivity index (χ0) is 15.1. The molecule has 0 saturated carbocycles. The SMILES string of the molecule is CCNc1ccc(Cl)c(COc2cccc(OCC)c2)n1. The van der Waals surface area contributed by atoms with Crippen LogP contribution in [-0.4, -0.2) is 18.1 Å². The average molecular weight is 307 g/mol. The van der Waals surface area contributed by atoms with Crippen LogP contribution in [0.5, 0.6) is 11.5 Å². The van der Waals surface area contributed by atoms with Gasteiger partial charge in [-0.25, -0.2) is 4.98 Å². The number of aromatic nitrogens is 1. The molecule has 0 bridgehead atoms. The number of nitrogens with zero attached hydrogens (tertiary/aromatic N) is 1. The lowest BCUT2D eigenvalue weighted by Crippen LogP contribution is -2.04. The van der Waals surface area contributed by atoms with Gasteiger partial charge in [-0.1, -0.05) is 17.7 Å². The van der Waals surface area contributed by atoms with Crippen molar-refractivity contribution < 1.29 is 9.47 Å². The van der Waals surface area contributed by atoms with E-state index in [4.69, 9.17) is 21.1 Å². The van der Waals surface area contributed by atoms with Crippen molar-refractivity contribution in [3.05, 3.63) is 47.1 Å². The predicted molar refractivity (Wildman–Crippen MR) is 85.4 cm³/mol. The molecule has 21 heavy (non-hydrogen) atoms. The summed E-state index contributed by atoms with van der Waals surface area (Å²) in [5, 5.41) is 3.75. The van der Waals surface area contributed by atoms with Crippen molar-refractivity contribution in [2.45, 2.75) is 20.5 Å². The second-order valence-electron chi connectivity index (χ2n) is 4.35. The molecule has 0 saturated heterocycles. The molecule has 2 aromatic rings. The van der Waals surface area contributed by atoms with Crippen LogP contribution in [0.1, 0.15) is 19.5 Å². The second-order valence-corrected chi connectivity index (χ2v) is 4.76. The number of hydrogen-bond acceptors (Lipinski definition) is 4. The van der Waals surface area contributed by atoms with E-state index in [0.717, 1.165) is 23.9 Å². The summed E-state index contributed by atoms with van der Waals surface area (Å²) in [7, 11) is 0. The smallest absolute Gasteiger partial charge is 0.132 e. The van der Waals surface area contributed by atoms with Gasteiger partial charge in [0.1, 0.15) is 23.9 Å². The Labute approximate surface area is 130 Å². The van der Waals surface area contributed by atoms with Crippen molar-refractivity contribution in [3.8, 4) is 11.5 Å². The van der Waals surface area contributed by atoms with E-state index in [1.54, 1.807) is 0 Å². The van der Waals surface area contributed by atoms with Gasteiger partial charge in [-0.3, -0.25) is 0 Å². The van der Waals surface area contributed by atoms with Gasteiger partial charge < -0.3 is 14.8 Å². The average Bonchev–Trinajstić information content (AvgIpc) is 2.49. The Morgan fingerprint density at radius 2 is 1.86 bits per heavy atom. The monoisotopic (exact) mass is 306 g/mol. The summed E-state index contributed by atoms with van der Waals surface area (Å²) in [5.74, 6) is 2.31. The first-order valence-electron chi connectivity index (χ1n) is 6.98. The third-order valence-electron chi connectivity index (χ3n) is 2.77. The lowest BCUT2D eigenvalue weighted by atomic mass is 10.3. The van der Waals surface area contributed by atoms with Crippen LogP contribution in [0.25, 0.3) is 0 Å². The summed E-state index contributed by atoms with van der Waals surface area (Å²) in [6.07, 6.45) is 0. The standard InChI is InChI=1S/C16H19ClN2O2/c1-3-18-16-9-8-14(17)15(19-16)11-21-13-7-5-6-12(10-13)20-4-2/h5-10H,3-4,11H2,1-2H3,(H,18,19). The molecule has 1 heterocycles. The van der Waals surface area contributed by atoms with E-state index >= 15 is 0 Å². The summed E-state index contributed by atoms with van der Waals surface area (Å²) in [4.78, 5) is 4.44. The van der Waals surface area contributed by atoms with Crippen LogP contribution in [0, 0.1) is 0 Å². The van der Waals surface area contributed by atoms with Gasteiger partial charge in [-0.15, -0.1) is 0 Å². The van der Waals surface area contributed by atoms with E-state index in [9.17, 15) is 0 Å². The van der Waals surface area contributed by atoms with Gasteiger partial charge in [0.15, 0.2) is 0 Å². The Morgan fingerprint density at radius 1 is 1.10 bits per heavy atom. The molecule has 0 radical (unpaired) electrons. The van der Waals surface area contributed by atoms with Gasteiger partial charge in [-0.05, 0) is 38.1 Å². The van der Waals surface area contributed by atoms with E-state index < -0.39 is 0 Å². The Morgan fingerprint density at radius 3 is 2.57 bits per heavy atom. The summed E-state index contributed by atoms with van der Waals surface area (Å²) >= 11 is 6.15. The number of hydrogen-bond donors (Lipinski definition) is 1. The molecule has 5 heteroatoms. The first-order chi connectivity index (χ1) is 10.2. The number of benzene rings is 1. The Kier molecular flexibility index (Phi) is 5.69. The van der Waals surface area contributed by atoms with Crippen LogP contribution >= 0.6 is 11.6 Å². The van der Waals surface area contributed by atoms with Gasteiger partial charge in [0.25, 0.3) is 0 Å². The molecule has 4 nitrogen and oxygen atoms in total. The van der Waals surface area contributed by atoms with Gasteiger partial charge in [0.05, 0.1) is 17.3 Å². The van der Waals surface area contributed by atoms with Crippen molar-refractivity contribution in [2.75, 3.05) is 18.5 Å². The Hall–Kier alpha value is -1.94. The lowest BCUT2D eigenvalue weighted by Gasteiger charge is -2.10. The molecule has 1 aromatic carbocycles. The highest BCUT2D eigenvalue weighted by atomic mass is 35.5. The molecule has 0 fully saturated rings. The summed E-state index contributed by atoms with van der Waals surface area (Å²) in [6, 6.07) is 11.2. The van der Waals surface area contributed by atoms with Gasteiger partial charge in [-0.2, -0.15) is 0 Å². The van der Waals surface area contributed by atoms with Crippen LogP contribution in [0.3, 0.4) is 0 Å². The van der Waals surface area contributed by atoms with Crippen molar-refractivity contribution >= 4 is 17.4 Å². The molecule has 0 spiro atoms. The van der Waals surface area contributed by atoms with E-state index in [2.05, 4.69) is 10.3 Å². The fourth-order valence-electron chi connectivity index (χ4n) is 1.84. The van der Waals surface area contributed by atoms with Crippen LogP contribution in [-0.2, 0) is 6.61 Å². The molecule has 112 valence electrons. The normalized spacial score (nSPS) is 10.2. The minimum absolute atomic E-state index is 0.313. The first-order valence-corrected chi connectivity index (χ1v) is 7.35. The molecular formula is C16H19ClN2O2. The predicted octanol–water partition coefficient (Wildman–Crippen LogP) is 4.14. The summed E-state index contributed by atoms with van der Waals surface area (Å²) < 4.78 is 11.2. The van der Waals surface area contributed by atoms with Crippen molar-refractivity contribution in [1.29, 1.82) is 0 Å². The maximum absolute atomic E-state index is 6.15. The number of ether oxygens (including phenoxy) is 2. The van der Waals surface area contributed by atoms with Gasteiger partial charge >= 0.3 is 0 Å². The Bertz CT molecular complexity index is 590. The molecule has 0 aliphatic carbocycles. The molecule has 0 atom stereocenters. The van der Waals surface area contributed by atoms with Crippen LogP contribution in [0.4, 0.5) is 5.82 Å². The van der Waals surface area contributed by atoms with Crippen molar-refractivity contribution in [1.82, 2.24) is 4.98 Å². The van der Waals surface area contributed by atoms with Crippen molar-refractivity contribution in [2.24, 2.45) is 0 Å². The fraction of sp³-hybridized carbons (Fsp3) is 0.312. The fourth-order valence-corrected chi connectivity index (χ4v) is 2.00. The molecular weight excluding hydrogens is 288 g/mol. The van der Waals surface area contributed by atoms with Crippen LogP contribution in [0.15, 0.2) is 36.4 Å². The van der Waals surface area contributed by atoms with Crippen LogP contribution < -0.4 is 14.8 Å². The van der Waals surface area contributed by atoms with E-state index in [1.807, 2.05) is 50.2 Å². The number of nitrogens with one attached hydrogen (secondary N) is 1. The molecule has 0 aliphatic heterocycles. The quantitative estimate of drug-likeness (QED) is 0.834. The van der Waals surface area contributed by atoms with Crippen LogP contribution in [0.2, 0.25) is 5.02 Å². The minimum atomic E-state index is 0.313. The maximum atomic E-state index is 6.15. The number of pyridine rings is 1. The number of halogens is 1. The molecule has 0 unspecified atom stereocenters. The first kappa shape index (κ1) is 15.4. The number of rotatable bonds is 7. The molecule has 1 aromatic heterocycles.